The summed E-state index contributed by atoms with van der Waals surface area (Å²) in [7, 11) is 3.50. The van der Waals surface area contributed by atoms with Crippen molar-refractivity contribution in [3.63, 3.8) is 0 Å². The van der Waals surface area contributed by atoms with Crippen molar-refractivity contribution in [3.8, 4) is 0 Å². The lowest BCUT2D eigenvalue weighted by molar-refractivity contribution is -0.219. The van der Waals surface area contributed by atoms with Gasteiger partial charge in [-0.2, -0.15) is 0 Å². The normalized spacial score (nSPS) is 47.8. The minimum Gasteiger partial charge on any atom is -0.381 e. The van der Waals surface area contributed by atoms with E-state index in [2.05, 4.69) is 27.7 Å². The minimum atomic E-state index is -0.495. The average molecular weight is 427 g/mol. The monoisotopic (exact) mass is 426 g/mol. The minimum absolute atomic E-state index is 0.0107. The van der Waals surface area contributed by atoms with Gasteiger partial charge in [0, 0.05) is 36.5 Å². The standard InChI is InChI=1S/C24H39ClO4/c1-16-8-11-24-12-9-18(28-6)20(24)23(16,4)19(29-15-27-5)14-22(3,10-7-13-25)21(26)17(24)2/h7,13,16-20H,8-12,14-15H2,1-6H3/t16-,17+,18?,19-,20?,22-,23+,24?/m1/s1. The molecule has 3 rings (SSSR count). The van der Waals surface area contributed by atoms with Crippen molar-refractivity contribution < 1.29 is 19.0 Å². The van der Waals surface area contributed by atoms with Crippen molar-refractivity contribution in [2.45, 2.75) is 78.4 Å². The number of halogens is 1. The Morgan fingerprint density at radius 1 is 1.17 bits per heavy atom. The number of carbonyl (C=O) groups is 1. The Labute approximate surface area is 181 Å². The first-order valence-corrected chi connectivity index (χ1v) is 11.6. The number of Topliss-reactive ketones (excluding diaryl/α,β-unsaturated/α-hetero) is 1. The van der Waals surface area contributed by atoms with Crippen molar-refractivity contribution in [1.82, 2.24) is 0 Å². The third-order valence-corrected chi connectivity index (χ3v) is 9.37. The predicted molar refractivity (Wildman–Crippen MR) is 116 cm³/mol. The maximum atomic E-state index is 14.0. The smallest absolute Gasteiger partial charge is 0.146 e. The van der Waals surface area contributed by atoms with E-state index in [-0.39, 0.29) is 35.7 Å². The van der Waals surface area contributed by atoms with Crippen molar-refractivity contribution in [1.29, 1.82) is 0 Å². The predicted octanol–water partition coefficient (Wildman–Crippen LogP) is 5.58. The third-order valence-electron chi connectivity index (χ3n) is 9.19. The number of rotatable bonds is 6. The van der Waals surface area contributed by atoms with Crippen LogP contribution in [0.25, 0.3) is 0 Å². The van der Waals surface area contributed by atoms with Crippen molar-refractivity contribution in [2.24, 2.45) is 34.0 Å². The third kappa shape index (κ3) is 3.52. The number of allylic oxidation sites excluding steroid dienone is 1. The number of methoxy groups -OCH3 is 2. The Morgan fingerprint density at radius 2 is 1.86 bits per heavy atom. The molecule has 0 N–H and O–H groups in total. The van der Waals surface area contributed by atoms with E-state index in [9.17, 15) is 4.79 Å². The lowest BCUT2D eigenvalue weighted by Gasteiger charge is -2.62. The van der Waals surface area contributed by atoms with E-state index in [1.807, 2.05) is 13.2 Å². The first-order valence-electron chi connectivity index (χ1n) is 11.1. The Hall–Kier alpha value is -0.420. The van der Waals surface area contributed by atoms with Gasteiger partial charge in [0.15, 0.2) is 0 Å². The number of hydrogen-bond acceptors (Lipinski definition) is 4. The molecule has 0 radical (unpaired) electrons. The van der Waals surface area contributed by atoms with Crippen LogP contribution in [0, 0.1) is 34.0 Å². The Kier molecular flexibility index (Phi) is 6.90. The molecule has 0 saturated heterocycles. The lowest BCUT2D eigenvalue weighted by Crippen LogP contribution is -2.62. The maximum Gasteiger partial charge on any atom is 0.146 e. The topological polar surface area (TPSA) is 44.8 Å². The molecule has 2 bridgehead atoms. The molecule has 8 atom stereocenters. The summed E-state index contributed by atoms with van der Waals surface area (Å²) in [5.74, 6) is 1.18. The Morgan fingerprint density at radius 3 is 2.48 bits per heavy atom. The lowest BCUT2D eigenvalue weighted by atomic mass is 9.44. The molecule has 4 nitrogen and oxygen atoms in total. The zero-order chi connectivity index (χ0) is 21.4. The van der Waals surface area contributed by atoms with Gasteiger partial charge in [-0.3, -0.25) is 4.79 Å². The van der Waals surface area contributed by atoms with E-state index in [0.29, 0.717) is 30.5 Å². The summed E-state index contributed by atoms with van der Waals surface area (Å²) in [5.41, 5.74) is 0.954. The van der Waals surface area contributed by atoms with E-state index in [0.717, 1.165) is 25.7 Å². The Balaban J connectivity index is 2.17. The molecule has 3 aliphatic rings. The number of ketones is 1. The van der Waals surface area contributed by atoms with Gasteiger partial charge in [0.05, 0.1) is 12.2 Å². The zero-order valence-electron chi connectivity index (χ0n) is 19.0. The Bertz CT molecular complexity index is 636. The van der Waals surface area contributed by atoms with Crippen LogP contribution in [-0.4, -0.2) is 39.0 Å². The largest absolute Gasteiger partial charge is 0.381 e. The van der Waals surface area contributed by atoms with Crippen LogP contribution in [-0.2, 0) is 19.0 Å². The summed E-state index contributed by atoms with van der Waals surface area (Å²) in [5, 5.41) is 0. The highest BCUT2D eigenvalue weighted by Gasteiger charge is 2.68. The van der Waals surface area contributed by atoms with Crippen molar-refractivity contribution >= 4 is 17.4 Å². The molecule has 166 valence electrons. The average Bonchev–Trinajstić information content (AvgIpc) is 3.11. The molecule has 3 unspecified atom stereocenters. The highest BCUT2D eigenvalue weighted by atomic mass is 35.5. The second kappa shape index (κ2) is 8.61. The molecule has 3 aliphatic carbocycles. The van der Waals surface area contributed by atoms with Crippen LogP contribution < -0.4 is 0 Å². The SMILES string of the molecule is COCO[C@@H]1C[C@@](C)(CC=CCl)C(=O)[C@H](C)C23CCC(OC)C2[C@@]1(C)[C@H](C)CC3. The summed E-state index contributed by atoms with van der Waals surface area (Å²) in [6.45, 7) is 9.30. The van der Waals surface area contributed by atoms with Gasteiger partial charge in [0.1, 0.15) is 12.6 Å². The highest BCUT2D eigenvalue weighted by Crippen LogP contribution is 2.68. The molecule has 3 fully saturated rings. The fourth-order valence-electron chi connectivity index (χ4n) is 7.37. The molecule has 0 aromatic rings. The van der Waals surface area contributed by atoms with E-state index in [1.54, 1.807) is 7.11 Å². The maximum absolute atomic E-state index is 14.0. The van der Waals surface area contributed by atoms with Crippen LogP contribution in [0.5, 0.6) is 0 Å². The number of ether oxygens (including phenoxy) is 3. The molecule has 29 heavy (non-hydrogen) atoms. The van der Waals surface area contributed by atoms with Gasteiger partial charge in [-0.25, -0.2) is 0 Å². The van der Waals surface area contributed by atoms with Gasteiger partial charge in [-0.1, -0.05) is 45.4 Å². The van der Waals surface area contributed by atoms with Gasteiger partial charge in [-0.15, -0.1) is 0 Å². The van der Waals surface area contributed by atoms with Gasteiger partial charge in [0.2, 0.25) is 0 Å². The van der Waals surface area contributed by atoms with Crippen LogP contribution in [0.2, 0.25) is 0 Å². The summed E-state index contributed by atoms with van der Waals surface area (Å²) in [6, 6.07) is 0. The fourth-order valence-corrected chi connectivity index (χ4v) is 7.46. The van der Waals surface area contributed by atoms with Crippen LogP contribution in [0.4, 0.5) is 0 Å². The quantitative estimate of drug-likeness (QED) is 0.520. The molecular formula is C24H39ClO4. The molecule has 3 saturated carbocycles. The molecule has 0 aliphatic heterocycles. The van der Waals surface area contributed by atoms with E-state index >= 15 is 0 Å². The van der Waals surface area contributed by atoms with E-state index in [4.69, 9.17) is 25.8 Å². The van der Waals surface area contributed by atoms with Crippen LogP contribution in [0.1, 0.15) is 66.2 Å². The second-order valence-corrected chi connectivity index (χ2v) is 10.6. The van der Waals surface area contributed by atoms with Gasteiger partial charge < -0.3 is 14.2 Å². The second-order valence-electron chi connectivity index (χ2n) is 10.3. The van der Waals surface area contributed by atoms with Gasteiger partial charge in [-0.05, 0) is 55.8 Å². The summed E-state index contributed by atoms with van der Waals surface area (Å²) in [6.07, 6.45) is 7.67. The first kappa shape index (κ1) is 23.2. The van der Waals surface area contributed by atoms with Crippen molar-refractivity contribution in [2.75, 3.05) is 21.0 Å². The summed E-state index contributed by atoms with van der Waals surface area (Å²) in [4.78, 5) is 14.0. The molecule has 0 heterocycles. The van der Waals surface area contributed by atoms with Crippen LogP contribution in [0.15, 0.2) is 11.6 Å². The number of hydrogen-bond donors (Lipinski definition) is 0. The molecule has 0 spiro atoms. The van der Waals surface area contributed by atoms with Crippen LogP contribution in [0.3, 0.4) is 0 Å². The molecule has 5 heteroatoms. The summed E-state index contributed by atoms with van der Waals surface area (Å²) >= 11 is 5.87. The van der Waals surface area contributed by atoms with Crippen LogP contribution >= 0.6 is 11.6 Å². The molecule has 0 amide bonds. The van der Waals surface area contributed by atoms with Gasteiger partial charge >= 0.3 is 0 Å². The molecular weight excluding hydrogens is 388 g/mol. The van der Waals surface area contributed by atoms with Crippen molar-refractivity contribution in [3.05, 3.63) is 11.6 Å². The molecule has 0 aromatic carbocycles. The highest BCUT2D eigenvalue weighted by molar-refractivity contribution is 6.25. The van der Waals surface area contributed by atoms with E-state index in [1.165, 1.54) is 5.54 Å². The zero-order valence-corrected chi connectivity index (χ0v) is 19.8. The molecule has 0 aromatic heterocycles. The summed E-state index contributed by atoms with van der Waals surface area (Å²) < 4.78 is 17.8. The fraction of sp³-hybridized carbons (Fsp3) is 0.875. The first-order chi connectivity index (χ1) is 13.7. The number of carbonyl (C=O) groups excluding carboxylic acids is 1. The van der Waals surface area contributed by atoms with E-state index < -0.39 is 5.41 Å². The van der Waals surface area contributed by atoms with Gasteiger partial charge in [0.25, 0.3) is 0 Å².